The number of ether oxygens (including phenoxy) is 1. The normalized spacial score (nSPS) is 20.9. The molecule has 2 N–H and O–H groups in total. The van der Waals surface area contributed by atoms with E-state index < -0.39 is 0 Å². The lowest BCUT2D eigenvalue weighted by Crippen LogP contribution is -2.53. The second kappa shape index (κ2) is 8.64. The molecule has 0 unspecified atom stereocenters. The minimum atomic E-state index is -0.367. The topological polar surface area (TPSA) is 93.7 Å². The van der Waals surface area contributed by atoms with E-state index in [0.717, 1.165) is 51.3 Å². The van der Waals surface area contributed by atoms with Crippen LogP contribution in [0.25, 0.3) is 0 Å². The van der Waals surface area contributed by atoms with Crippen molar-refractivity contribution in [1.29, 1.82) is 0 Å². The molecule has 2 amide bonds. The Morgan fingerprint density at radius 2 is 1.96 bits per heavy atom. The van der Waals surface area contributed by atoms with E-state index >= 15 is 0 Å². The second-order valence-corrected chi connectivity index (χ2v) is 7.05. The molecule has 0 radical (unpaired) electrons. The first-order valence-corrected chi connectivity index (χ1v) is 9.50. The van der Waals surface area contributed by atoms with Crippen molar-refractivity contribution in [1.82, 2.24) is 19.4 Å². The molecule has 0 aromatic carbocycles. The molecule has 0 spiro atoms. The number of imidazole rings is 1. The van der Waals surface area contributed by atoms with Crippen molar-refractivity contribution in [3.63, 3.8) is 0 Å². The molecule has 0 bridgehead atoms. The van der Waals surface area contributed by atoms with Crippen molar-refractivity contribution in [2.75, 3.05) is 39.4 Å². The molecule has 8 nitrogen and oxygen atoms in total. The van der Waals surface area contributed by atoms with Gasteiger partial charge in [0.2, 0.25) is 11.8 Å². The van der Waals surface area contributed by atoms with E-state index in [-0.39, 0.29) is 30.3 Å². The van der Waals surface area contributed by atoms with E-state index in [2.05, 4.69) is 16.8 Å². The molecule has 0 aliphatic carbocycles. The molecular weight excluding hydrogens is 334 g/mol. The Balaban J connectivity index is 1.58. The summed E-state index contributed by atoms with van der Waals surface area (Å²) in [4.78, 5) is 32.9. The number of carbonyl (C=O) groups excluding carboxylic acids is 2. The summed E-state index contributed by atoms with van der Waals surface area (Å²) in [7, 11) is 0. The van der Waals surface area contributed by atoms with Crippen molar-refractivity contribution in [3.8, 4) is 0 Å². The molecule has 2 saturated heterocycles. The van der Waals surface area contributed by atoms with E-state index in [0.29, 0.717) is 13.2 Å². The van der Waals surface area contributed by atoms with Gasteiger partial charge >= 0.3 is 0 Å². The van der Waals surface area contributed by atoms with Gasteiger partial charge in [-0.15, -0.1) is 0 Å². The van der Waals surface area contributed by atoms with Crippen LogP contribution in [-0.2, 0) is 20.9 Å². The predicted molar refractivity (Wildman–Crippen MR) is 96.4 cm³/mol. The van der Waals surface area contributed by atoms with Crippen LogP contribution in [0.4, 0.5) is 0 Å². The fourth-order valence-corrected chi connectivity index (χ4v) is 4.03. The SMILES string of the molecule is CC[C@@H](C(=O)N1CCC(c2nccn2CC(N)=O)CC1)N1CCOCC1. The fraction of sp³-hybridized carbons (Fsp3) is 0.722. The highest BCUT2D eigenvalue weighted by atomic mass is 16.5. The number of hydrogen-bond acceptors (Lipinski definition) is 5. The van der Waals surface area contributed by atoms with Crippen LogP contribution >= 0.6 is 0 Å². The fourth-order valence-electron chi connectivity index (χ4n) is 4.03. The molecule has 1 aromatic rings. The Morgan fingerprint density at radius 3 is 2.58 bits per heavy atom. The summed E-state index contributed by atoms with van der Waals surface area (Å²) in [5.41, 5.74) is 5.31. The molecule has 1 aromatic heterocycles. The average Bonchev–Trinajstić information content (AvgIpc) is 3.10. The highest BCUT2D eigenvalue weighted by Gasteiger charge is 2.32. The monoisotopic (exact) mass is 363 g/mol. The second-order valence-electron chi connectivity index (χ2n) is 7.05. The summed E-state index contributed by atoms with van der Waals surface area (Å²) in [6.07, 6.45) is 6.05. The summed E-state index contributed by atoms with van der Waals surface area (Å²) < 4.78 is 7.23. The summed E-state index contributed by atoms with van der Waals surface area (Å²) in [5.74, 6) is 1.02. The molecule has 8 heteroatoms. The smallest absolute Gasteiger partial charge is 0.239 e. The number of primary amides is 1. The average molecular weight is 363 g/mol. The summed E-state index contributed by atoms with van der Waals surface area (Å²) in [6, 6.07) is -0.0488. The molecule has 0 saturated carbocycles. The Kier molecular flexibility index (Phi) is 6.26. The van der Waals surface area contributed by atoms with E-state index in [1.54, 1.807) is 12.4 Å². The van der Waals surface area contributed by atoms with Gasteiger partial charge in [0.15, 0.2) is 0 Å². The molecule has 3 rings (SSSR count). The van der Waals surface area contributed by atoms with Crippen LogP contribution in [0.15, 0.2) is 12.4 Å². The van der Waals surface area contributed by atoms with Crippen LogP contribution < -0.4 is 5.73 Å². The lowest BCUT2D eigenvalue weighted by Gasteiger charge is -2.38. The number of carbonyl (C=O) groups is 2. The third kappa shape index (κ3) is 4.24. The molecule has 1 atom stereocenters. The zero-order valence-electron chi connectivity index (χ0n) is 15.5. The van der Waals surface area contributed by atoms with Crippen molar-refractivity contribution < 1.29 is 14.3 Å². The molecular formula is C18H29N5O3. The summed E-state index contributed by atoms with van der Waals surface area (Å²) in [5, 5.41) is 0. The van der Waals surface area contributed by atoms with Crippen LogP contribution in [0.1, 0.15) is 37.9 Å². The molecule has 144 valence electrons. The van der Waals surface area contributed by atoms with Crippen LogP contribution in [0, 0.1) is 0 Å². The maximum atomic E-state index is 13.0. The van der Waals surface area contributed by atoms with Crippen LogP contribution in [0.2, 0.25) is 0 Å². The standard InChI is InChI=1S/C18H29N5O3/c1-2-15(21-9-11-26-12-10-21)18(25)22-6-3-14(4-7-22)17-20-5-8-23(17)13-16(19)24/h5,8,14-15H,2-4,6-7,9-13H2,1H3,(H2,19,24)/t15-/m0/s1. The number of hydrogen-bond donors (Lipinski definition) is 1. The molecule has 2 aliphatic rings. The van der Waals surface area contributed by atoms with Gasteiger partial charge in [-0.25, -0.2) is 4.98 Å². The third-order valence-electron chi connectivity index (χ3n) is 5.40. The first-order valence-electron chi connectivity index (χ1n) is 9.50. The van der Waals surface area contributed by atoms with Gasteiger partial charge in [-0.05, 0) is 19.3 Å². The number of likely N-dealkylation sites (tertiary alicyclic amines) is 1. The zero-order valence-corrected chi connectivity index (χ0v) is 15.5. The van der Waals surface area contributed by atoms with Crippen LogP contribution in [0.3, 0.4) is 0 Å². The minimum absolute atomic E-state index is 0.0488. The van der Waals surface area contributed by atoms with E-state index in [4.69, 9.17) is 10.5 Å². The number of morpholine rings is 1. The quantitative estimate of drug-likeness (QED) is 0.778. The highest BCUT2D eigenvalue weighted by Crippen LogP contribution is 2.28. The maximum absolute atomic E-state index is 13.0. The number of nitrogens with zero attached hydrogens (tertiary/aromatic N) is 4. The first kappa shape index (κ1) is 18.8. The Hall–Kier alpha value is -1.93. The van der Waals surface area contributed by atoms with E-state index in [1.807, 2.05) is 9.47 Å². The lowest BCUT2D eigenvalue weighted by molar-refractivity contribution is -0.140. The lowest BCUT2D eigenvalue weighted by atomic mass is 9.95. The van der Waals surface area contributed by atoms with Crippen molar-refractivity contribution in [2.45, 2.75) is 44.7 Å². The maximum Gasteiger partial charge on any atom is 0.239 e. The Labute approximate surface area is 154 Å². The minimum Gasteiger partial charge on any atom is -0.379 e. The summed E-state index contributed by atoms with van der Waals surface area (Å²) >= 11 is 0. The zero-order chi connectivity index (χ0) is 18.5. The van der Waals surface area contributed by atoms with Gasteiger partial charge in [0.25, 0.3) is 0 Å². The van der Waals surface area contributed by atoms with Gasteiger partial charge in [-0.3, -0.25) is 14.5 Å². The molecule has 2 aliphatic heterocycles. The van der Waals surface area contributed by atoms with Gasteiger partial charge < -0.3 is 19.9 Å². The van der Waals surface area contributed by atoms with Gasteiger partial charge in [-0.2, -0.15) is 0 Å². The number of amides is 2. The predicted octanol–water partition coefficient (Wildman–Crippen LogP) is 0.185. The number of aromatic nitrogens is 2. The van der Waals surface area contributed by atoms with Gasteiger partial charge in [0, 0.05) is 44.5 Å². The molecule has 2 fully saturated rings. The summed E-state index contributed by atoms with van der Waals surface area (Å²) in [6.45, 7) is 6.75. The van der Waals surface area contributed by atoms with Gasteiger partial charge in [-0.1, -0.05) is 6.92 Å². The van der Waals surface area contributed by atoms with Gasteiger partial charge in [0.05, 0.1) is 19.3 Å². The van der Waals surface area contributed by atoms with Crippen molar-refractivity contribution in [3.05, 3.63) is 18.2 Å². The highest BCUT2D eigenvalue weighted by molar-refractivity contribution is 5.82. The van der Waals surface area contributed by atoms with Crippen LogP contribution in [-0.4, -0.2) is 76.6 Å². The van der Waals surface area contributed by atoms with E-state index in [9.17, 15) is 9.59 Å². The van der Waals surface area contributed by atoms with Gasteiger partial charge in [0.1, 0.15) is 12.4 Å². The largest absolute Gasteiger partial charge is 0.379 e. The molecule has 26 heavy (non-hydrogen) atoms. The third-order valence-corrected chi connectivity index (χ3v) is 5.40. The number of piperidine rings is 1. The molecule has 3 heterocycles. The number of rotatable bonds is 6. The van der Waals surface area contributed by atoms with Crippen LogP contribution in [0.5, 0.6) is 0 Å². The number of nitrogens with two attached hydrogens (primary N) is 1. The Morgan fingerprint density at radius 1 is 1.27 bits per heavy atom. The van der Waals surface area contributed by atoms with Crippen molar-refractivity contribution >= 4 is 11.8 Å². The first-order chi connectivity index (χ1) is 12.6. The Bertz CT molecular complexity index is 618. The van der Waals surface area contributed by atoms with Crippen molar-refractivity contribution in [2.24, 2.45) is 5.73 Å². The van der Waals surface area contributed by atoms with E-state index in [1.165, 1.54) is 0 Å².